The quantitative estimate of drug-likeness (QED) is 0.767. The van der Waals surface area contributed by atoms with E-state index >= 15 is 0 Å². The maximum Gasteiger partial charge on any atom is 0.322 e. The van der Waals surface area contributed by atoms with Crippen LogP contribution in [-0.4, -0.2) is 35.1 Å². The molecule has 0 unspecified atom stereocenters. The zero-order chi connectivity index (χ0) is 18.4. The summed E-state index contributed by atoms with van der Waals surface area (Å²) in [6.07, 6.45) is 1.48. The molecular formula is C16H16ClFN4O3. The van der Waals surface area contributed by atoms with E-state index in [1.165, 1.54) is 23.1 Å². The van der Waals surface area contributed by atoms with E-state index in [4.69, 9.17) is 16.1 Å². The van der Waals surface area contributed by atoms with Crippen molar-refractivity contribution in [3.63, 3.8) is 0 Å². The topological polar surface area (TPSA) is 87.5 Å². The minimum Gasteiger partial charge on any atom is -0.360 e. The van der Waals surface area contributed by atoms with Gasteiger partial charge in [-0.1, -0.05) is 22.8 Å². The molecule has 132 valence electrons. The molecule has 0 radical (unpaired) electrons. The van der Waals surface area contributed by atoms with Crippen LogP contribution in [0.1, 0.15) is 5.76 Å². The second kappa shape index (κ2) is 8.29. The van der Waals surface area contributed by atoms with E-state index in [1.807, 2.05) is 0 Å². The summed E-state index contributed by atoms with van der Waals surface area (Å²) < 4.78 is 18.0. The molecule has 9 heteroatoms. The summed E-state index contributed by atoms with van der Waals surface area (Å²) in [5.74, 6) is -0.247. The molecule has 1 aromatic heterocycles. The first-order chi connectivity index (χ1) is 11.9. The number of carbonyl (C=O) groups is 2. The van der Waals surface area contributed by atoms with Crippen molar-refractivity contribution in [3.05, 3.63) is 53.5 Å². The highest BCUT2D eigenvalue weighted by Gasteiger charge is 2.17. The second-order valence-corrected chi connectivity index (χ2v) is 5.51. The van der Waals surface area contributed by atoms with Crippen LogP contribution in [0.3, 0.4) is 0 Å². The number of rotatable bonds is 6. The maximum absolute atomic E-state index is 13.2. The molecule has 2 aromatic rings. The van der Waals surface area contributed by atoms with Crippen LogP contribution in [0.4, 0.5) is 20.7 Å². The van der Waals surface area contributed by atoms with Crippen LogP contribution in [0.25, 0.3) is 0 Å². The Morgan fingerprint density at radius 1 is 1.40 bits per heavy atom. The van der Waals surface area contributed by atoms with Crippen LogP contribution < -0.4 is 10.6 Å². The molecule has 0 atom stereocenters. The number of nitrogens with one attached hydrogen (secondary N) is 2. The highest BCUT2D eigenvalue weighted by atomic mass is 35.5. The third kappa shape index (κ3) is 5.32. The molecule has 2 N–H and O–H groups in total. The summed E-state index contributed by atoms with van der Waals surface area (Å²) in [7, 11) is 0. The average molecular weight is 367 g/mol. The fourth-order valence-electron chi connectivity index (χ4n) is 1.93. The van der Waals surface area contributed by atoms with Crippen LogP contribution in [0.15, 0.2) is 41.4 Å². The lowest BCUT2D eigenvalue weighted by Crippen LogP contribution is -2.40. The predicted octanol–water partition coefficient (Wildman–Crippen LogP) is 3.43. The van der Waals surface area contributed by atoms with Crippen molar-refractivity contribution in [2.75, 3.05) is 23.7 Å². The summed E-state index contributed by atoms with van der Waals surface area (Å²) in [4.78, 5) is 25.6. The van der Waals surface area contributed by atoms with Crippen LogP contribution in [0.2, 0.25) is 5.02 Å². The van der Waals surface area contributed by atoms with Gasteiger partial charge in [-0.15, -0.1) is 6.58 Å². The van der Waals surface area contributed by atoms with E-state index < -0.39 is 17.8 Å². The zero-order valence-corrected chi connectivity index (χ0v) is 14.1. The monoisotopic (exact) mass is 366 g/mol. The SMILES string of the molecule is C=CCN(CC(=O)Nc1cc(C)on1)C(=O)Nc1ccc(F)c(Cl)c1. The van der Waals surface area contributed by atoms with Crippen molar-refractivity contribution in [1.82, 2.24) is 10.1 Å². The number of amides is 3. The third-order valence-corrected chi connectivity index (χ3v) is 3.33. The first-order valence-electron chi connectivity index (χ1n) is 7.24. The molecule has 1 aromatic carbocycles. The standard InChI is InChI=1S/C16H16ClFN4O3/c1-3-6-22(9-15(23)20-14-7-10(2)25-21-14)16(24)19-11-4-5-13(18)12(17)8-11/h3-5,7-8H,1,6,9H2,2H3,(H,19,24)(H,20,21,23). The normalized spacial score (nSPS) is 10.2. The smallest absolute Gasteiger partial charge is 0.322 e. The summed E-state index contributed by atoms with van der Waals surface area (Å²) in [5, 5.41) is 8.58. The lowest BCUT2D eigenvalue weighted by atomic mass is 10.3. The number of nitrogens with zero attached hydrogens (tertiary/aromatic N) is 2. The van der Waals surface area contributed by atoms with E-state index in [2.05, 4.69) is 22.4 Å². The van der Waals surface area contributed by atoms with Gasteiger partial charge in [-0.05, 0) is 25.1 Å². The Morgan fingerprint density at radius 3 is 2.76 bits per heavy atom. The molecular weight excluding hydrogens is 351 g/mol. The summed E-state index contributed by atoms with van der Waals surface area (Å²) in [6, 6.07) is 4.77. The van der Waals surface area contributed by atoms with Gasteiger partial charge in [0.05, 0.1) is 5.02 Å². The minimum atomic E-state index is -0.593. The highest BCUT2D eigenvalue weighted by molar-refractivity contribution is 6.31. The Bertz CT molecular complexity index is 793. The van der Waals surface area contributed by atoms with E-state index in [-0.39, 0.29) is 23.9 Å². The molecule has 0 bridgehead atoms. The number of aryl methyl sites for hydroxylation is 1. The molecule has 0 aliphatic carbocycles. The van der Waals surface area contributed by atoms with Gasteiger partial charge >= 0.3 is 6.03 Å². The summed E-state index contributed by atoms with van der Waals surface area (Å²) >= 11 is 5.68. The maximum atomic E-state index is 13.2. The summed E-state index contributed by atoms with van der Waals surface area (Å²) in [5.41, 5.74) is 0.304. The first-order valence-corrected chi connectivity index (χ1v) is 7.62. The van der Waals surface area contributed by atoms with Gasteiger partial charge in [-0.3, -0.25) is 4.79 Å². The number of hydrogen-bond donors (Lipinski definition) is 2. The Labute approximate surface area is 148 Å². The van der Waals surface area contributed by atoms with Crippen LogP contribution in [0, 0.1) is 12.7 Å². The Kier molecular flexibility index (Phi) is 6.13. The molecule has 0 fully saturated rings. The van der Waals surface area contributed by atoms with Crippen molar-refractivity contribution < 1.29 is 18.5 Å². The molecule has 0 saturated heterocycles. The van der Waals surface area contributed by atoms with Crippen LogP contribution in [0.5, 0.6) is 0 Å². The van der Waals surface area contributed by atoms with Crippen LogP contribution >= 0.6 is 11.6 Å². The van der Waals surface area contributed by atoms with Gasteiger partial charge in [0.15, 0.2) is 5.82 Å². The number of carbonyl (C=O) groups excluding carboxylic acids is 2. The number of anilines is 2. The molecule has 25 heavy (non-hydrogen) atoms. The fraction of sp³-hybridized carbons (Fsp3) is 0.188. The van der Waals surface area contributed by atoms with Crippen molar-refractivity contribution in [2.24, 2.45) is 0 Å². The molecule has 0 aliphatic heterocycles. The minimum absolute atomic E-state index is 0.118. The number of hydrogen-bond acceptors (Lipinski definition) is 4. The third-order valence-electron chi connectivity index (χ3n) is 3.04. The van der Waals surface area contributed by atoms with Gasteiger partial charge in [0.2, 0.25) is 5.91 Å². The number of aromatic nitrogens is 1. The van der Waals surface area contributed by atoms with Crippen LogP contribution in [-0.2, 0) is 4.79 Å². The van der Waals surface area contributed by atoms with Crippen molar-refractivity contribution in [2.45, 2.75) is 6.92 Å². The number of halogens is 2. The van der Waals surface area contributed by atoms with Crippen molar-refractivity contribution >= 4 is 35.0 Å². The predicted molar refractivity (Wildman–Crippen MR) is 92.1 cm³/mol. The lowest BCUT2D eigenvalue weighted by Gasteiger charge is -2.21. The Hall–Kier alpha value is -2.87. The number of urea groups is 1. The van der Waals surface area contributed by atoms with E-state index in [0.717, 1.165) is 6.07 Å². The molecule has 7 nitrogen and oxygen atoms in total. The molecule has 1 heterocycles. The number of benzene rings is 1. The van der Waals surface area contributed by atoms with Gasteiger partial charge < -0.3 is 20.1 Å². The van der Waals surface area contributed by atoms with Gasteiger partial charge in [0.25, 0.3) is 0 Å². The molecule has 3 amide bonds. The average Bonchev–Trinajstić information content (AvgIpc) is 2.95. The lowest BCUT2D eigenvalue weighted by molar-refractivity contribution is -0.116. The van der Waals surface area contributed by atoms with Gasteiger partial charge in [-0.2, -0.15) is 0 Å². The molecule has 0 spiro atoms. The zero-order valence-electron chi connectivity index (χ0n) is 13.4. The second-order valence-electron chi connectivity index (χ2n) is 5.10. The molecule has 0 saturated carbocycles. The Morgan fingerprint density at radius 2 is 2.16 bits per heavy atom. The van der Waals surface area contributed by atoms with Gasteiger partial charge in [-0.25, -0.2) is 9.18 Å². The fourth-order valence-corrected chi connectivity index (χ4v) is 2.11. The molecule has 0 aliphatic rings. The van der Waals surface area contributed by atoms with Crippen molar-refractivity contribution in [3.8, 4) is 0 Å². The van der Waals surface area contributed by atoms with Gasteiger partial charge in [0, 0.05) is 18.3 Å². The molecule has 2 rings (SSSR count). The van der Waals surface area contributed by atoms with Gasteiger partial charge in [0.1, 0.15) is 18.1 Å². The Balaban J connectivity index is 2.00. The summed E-state index contributed by atoms with van der Waals surface area (Å²) in [6.45, 7) is 5.14. The highest BCUT2D eigenvalue weighted by Crippen LogP contribution is 2.19. The van der Waals surface area contributed by atoms with Crippen molar-refractivity contribution in [1.29, 1.82) is 0 Å². The largest absolute Gasteiger partial charge is 0.360 e. The van der Waals surface area contributed by atoms with E-state index in [0.29, 0.717) is 11.4 Å². The first kappa shape index (κ1) is 18.5. The van der Waals surface area contributed by atoms with E-state index in [9.17, 15) is 14.0 Å². The van der Waals surface area contributed by atoms with E-state index in [1.54, 1.807) is 13.0 Å².